The van der Waals surface area contributed by atoms with E-state index >= 15 is 0 Å². The Morgan fingerprint density at radius 2 is 0.990 bits per heavy atom. The van der Waals surface area contributed by atoms with Gasteiger partial charge in [0.2, 0.25) is 55.5 Å². The molecule has 6 aliphatic carbocycles. The fraction of sp³-hybridized carbons (Fsp3) is 0.571. The lowest BCUT2D eigenvalue weighted by molar-refractivity contribution is -0.144. The van der Waals surface area contributed by atoms with Crippen molar-refractivity contribution < 1.29 is 69.9 Å². The van der Waals surface area contributed by atoms with E-state index in [1.54, 1.807) is 12.4 Å². The molecule has 2 saturated heterocycles. The van der Waals surface area contributed by atoms with Crippen molar-refractivity contribution in [3.8, 4) is 0 Å². The number of benzene rings is 2. The molecule has 2 aromatic carbocycles. The fourth-order valence-corrected chi connectivity index (χ4v) is 16.1. The number of aromatic nitrogens is 2. The number of rotatable bonds is 23. The summed E-state index contributed by atoms with van der Waals surface area (Å²) in [6.45, 7) is 18.6. The monoisotopic (exact) mass is 1410 g/mol. The molecule has 27 nitrogen and oxygen atoms in total. The minimum absolute atomic E-state index is 0.0152. The van der Waals surface area contributed by atoms with Crippen LogP contribution in [-0.4, -0.2) is 171 Å². The number of nitrogens with zero attached hydrogens (tertiary/aromatic N) is 4. The number of aromatic carboxylic acids is 1. The molecule has 99 heavy (non-hydrogen) atoms. The van der Waals surface area contributed by atoms with Crippen LogP contribution in [0.3, 0.4) is 0 Å². The van der Waals surface area contributed by atoms with Gasteiger partial charge in [-0.15, -0.1) is 13.2 Å². The maximum atomic E-state index is 14.4. The van der Waals surface area contributed by atoms with Crippen molar-refractivity contribution in [2.75, 3.05) is 13.1 Å². The number of likely N-dealkylation sites (tertiary alicyclic amines) is 2. The van der Waals surface area contributed by atoms with Gasteiger partial charge in [0.25, 0.3) is 17.7 Å². The van der Waals surface area contributed by atoms with Crippen molar-refractivity contribution in [3.63, 3.8) is 0 Å². The van der Waals surface area contributed by atoms with Gasteiger partial charge in [-0.1, -0.05) is 90.1 Å². The highest BCUT2D eigenvalue weighted by Gasteiger charge is 2.63. The maximum absolute atomic E-state index is 14.4. The van der Waals surface area contributed by atoms with Crippen LogP contribution in [-0.2, 0) is 72.5 Å². The molecular weight excluding hydrogens is 1310 g/mol. The number of amides is 9. The number of carbonyl (C=O) groups is 10. The summed E-state index contributed by atoms with van der Waals surface area (Å²) in [4.78, 5) is 135. The van der Waals surface area contributed by atoms with Crippen molar-refractivity contribution in [2.45, 2.75) is 189 Å². The number of hydrogen-bond donors (Lipinski definition) is 9. The van der Waals surface area contributed by atoms with Crippen LogP contribution in [0.4, 0.5) is 0 Å². The Hall–Kier alpha value is -8.44. The van der Waals surface area contributed by atoms with Gasteiger partial charge < -0.3 is 56.4 Å². The van der Waals surface area contributed by atoms with Gasteiger partial charge in [0.15, 0.2) is 0 Å². The first-order chi connectivity index (χ1) is 46.4. The predicted octanol–water partition coefficient (Wildman–Crippen LogP) is 3.67. The molecule has 0 spiro atoms. The Morgan fingerprint density at radius 1 is 0.596 bits per heavy atom. The SMILES string of the molecule is C=CC1CC1(NC(=O)[C@@H]1C[C@@H](N)CN1C(=O)[C@@H](NC(=O)CC1CC1)C(C)(C)C)C(=O)NS(=O)(=O)C1CC1.C=CC1CC1(NC(=O)[C@@H]1C[C@@H](NC(=O)c2cn(C)c3ccccc23)CN1C(=O)[C@@H](NC(=O)CC1CC1)C(C)(C)C)C(=O)NS(=O)(=O)C1CC1.Cn1cc(C(=O)O)c2ccccc21. The molecule has 10 N–H and O–H groups in total. The molecule has 0 radical (unpaired) electrons. The van der Waals surface area contributed by atoms with Crippen molar-refractivity contribution >= 4 is 101 Å². The summed E-state index contributed by atoms with van der Waals surface area (Å²) in [6, 6.07) is 9.94. The van der Waals surface area contributed by atoms with Crippen molar-refractivity contribution in [3.05, 3.63) is 97.4 Å². The van der Waals surface area contributed by atoms with E-state index in [4.69, 9.17) is 10.8 Å². The molecule has 4 unspecified atom stereocenters. The van der Waals surface area contributed by atoms with Gasteiger partial charge in [0.1, 0.15) is 35.2 Å². The summed E-state index contributed by atoms with van der Waals surface area (Å²) in [7, 11) is -4.00. The number of nitrogens with one attached hydrogen (secondary N) is 7. The van der Waals surface area contributed by atoms with E-state index in [2.05, 4.69) is 49.2 Å². The largest absolute Gasteiger partial charge is 0.478 e. The normalized spacial score (nSPS) is 25.4. The standard InChI is InChI=1S/C35H46N6O7S.C25H39N5O6S.C10H9NO2/c1-6-21-17-35(21,33(46)39-49(47,48)23-13-14-23)38-31(44)27-16-22(36-30(43)25-19-40(5)26-10-8-7-9-24(25)26)18-41(27)32(45)29(34(2,3)4)37-28(42)15-20-11-12-20;1-5-15-12-25(15,23(34)29-37(35,36)17-8-9-17)28-21(32)18-11-16(26)13-30(18)22(33)20(24(2,3)4)27-19(31)10-14-6-7-14;1-11-6-8(10(12)13)7-4-2-3-5-9(7)11/h6-10,19-23,27,29H,1,11-18H2,2-5H3,(H,36,43)(H,37,42)(H,38,44)(H,39,46);5,14-18,20H,1,6-13,26H2,2-4H3,(H,27,31)(H,28,32)(H,29,34);2-6H,1H3,(H,12,13)/t21?,22-,27+,29-,35?;15?,16-,18+,20-,25?;/m11./s1. The lowest BCUT2D eigenvalue weighted by Crippen LogP contribution is -2.60. The Balaban J connectivity index is 0.000000185. The summed E-state index contributed by atoms with van der Waals surface area (Å²) < 4.78 is 57.9. The average Bonchev–Trinajstić information content (AvgIpc) is 1.58. The van der Waals surface area contributed by atoms with E-state index in [0.29, 0.717) is 61.5 Å². The average molecular weight is 1410 g/mol. The Kier molecular flexibility index (Phi) is 20.7. The van der Waals surface area contributed by atoms with E-state index in [1.165, 1.54) is 22.0 Å². The molecular formula is C70H94N12O15S2. The van der Waals surface area contributed by atoms with Crippen LogP contribution < -0.4 is 41.8 Å². The van der Waals surface area contributed by atoms with Gasteiger partial charge >= 0.3 is 5.97 Å². The summed E-state index contributed by atoms with van der Waals surface area (Å²) in [6.07, 6.45) is 13.5. The van der Waals surface area contributed by atoms with E-state index in [9.17, 15) is 64.8 Å². The third-order valence-electron chi connectivity index (χ3n) is 20.1. The topological polar surface area (TPSA) is 386 Å². The smallest absolute Gasteiger partial charge is 0.337 e. The van der Waals surface area contributed by atoms with Crippen molar-refractivity contribution in [1.82, 2.24) is 55.0 Å². The second-order valence-corrected chi connectivity index (χ2v) is 34.4. The molecule has 8 fully saturated rings. The summed E-state index contributed by atoms with van der Waals surface area (Å²) in [5.41, 5.74) is 4.46. The predicted molar refractivity (Wildman–Crippen MR) is 368 cm³/mol. The third kappa shape index (κ3) is 16.6. The number of fused-ring (bicyclic) bond motifs is 2. The highest BCUT2D eigenvalue weighted by Crippen LogP contribution is 2.47. The first-order valence-electron chi connectivity index (χ1n) is 34.0. The van der Waals surface area contributed by atoms with E-state index in [-0.39, 0.29) is 56.5 Å². The Bertz CT molecular complexity index is 4160. The number of aryl methyl sites for hydroxylation is 2. The molecule has 0 bridgehead atoms. The zero-order valence-corrected chi connectivity index (χ0v) is 59.1. The molecule has 2 aliphatic heterocycles. The number of carbonyl (C=O) groups excluding carboxylic acids is 9. The lowest BCUT2D eigenvalue weighted by Gasteiger charge is -2.35. The van der Waals surface area contributed by atoms with Crippen LogP contribution in [0.15, 0.2) is 86.2 Å². The second-order valence-electron chi connectivity index (χ2n) is 30.5. The molecule has 4 aromatic rings. The minimum Gasteiger partial charge on any atom is -0.478 e. The van der Waals surface area contributed by atoms with Crippen LogP contribution in [0.25, 0.3) is 21.8 Å². The Morgan fingerprint density at radius 3 is 1.37 bits per heavy atom. The fourth-order valence-electron chi connectivity index (χ4n) is 13.4. The zero-order chi connectivity index (χ0) is 72.2. The van der Waals surface area contributed by atoms with Gasteiger partial charge in [0.05, 0.1) is 21.6 Å². The molecule has 536 valence electrons. The zero-order valence-electron chi connectivity index (χ0n) is 57.4. The van der Waals surface area contributed by atoms with Crippen LogP contribution in [0.2, 0.25) is 0 Å². The van der Waals surface area contributed by atoms with Gasteiger partial charge in [0, 0.05) is 98.1 Å². The lowest BCUT2D eigenvalue weighted by atomic mass is 9.85. The summed E-state index contributed by atoms with van der Waals surface area (Å²) >= 11 is 0. The number of nitrogens with two attached hydrogens (primary N) is 1. The van der Waals surface area contributed by atoms with Gasteiger partial charge in [-0.2, -0.15) is 0 Å². The van der Waals surface area contributed by atoms with Crippen LogP contribution in [0.5, 0.6) is 0 Å². The van der Waals surface area contributed by atoms with Crippen LogP contribution in [0.1, 0.15) is 152 Å². The first kappa shape index (κ1) is 73.3. The summed E-state index contributed by atoms with van der Waals surface area (Å²) in [5, 5.41) is 23.5. The first-order valence-corrected chi connectivity index (χ1v) is 37.1. The molecule has 12 rings (SSSR count). The molecule has 6 saturated carbocycles. The number of carboxylic acid groups (broad SMARTS) is 1. The molecule has 8 aliphatic rings. The van der Waals surface area contributed by atoms with Crippen LogP contribution >= 0.6 is 0 Å². The quantitative estimate of drug-likeness (QED) is 0.0478. The molecule has 10 atom stereocenters. The third-order valence-corrected chi connectivity index (χ3v) is 23.7. The van der Waals surface area contributed by atoms with Gasteiger partial charge in [-0.05, 0) is 112 Å². The van der Waals surface area contributed by atoms with E-state index in [0.717, 1.165) is 47.5 Å². The highest BCUT2D eigenvalue weighted by atomic mass is 32.2. The maximum Gasteiger partial charge on any atom is 0.337 e. The molecule has 29 heteroatoms. The van der Waals surface area contributed by atoms with E-state index < -0.39 is 142 Å². The minimum atomic E-state index is -3.89. The number of hydrogen-bond acceptors (Lipinski definition) is 15. The number of para-hydroxylation sites is 2. The van der Waals surface area contributed by atoms with E-state index in [1.807, 2.05) is 113 Å². The van der Waals surface area contributed by atoms with Crippen LogP contribution in [0, 0.1) is 34.5 Å². The van der Waals surface area contributed by atoms with Gasteiger partial charge in [-0.25, -0.2) is 21.6 Å². The number of sulfonamides is 2. The summed E-state index contributed by atoms with van der Waals surface area (Å²) in [5.74, 6) is -5.72. The van der Waals surface area contributed by atoms with Crippen molar-refractivity contribution in [2.24, 2.45) is 54.3 Å². The Labute approximate surface area is 577 Å². The molecule has 4 heterocycles. The second kappa shape index (κ2) is 27.9. The number of carboxylic acids is 1. The molecule has 2 aromatic heterocycles. The highest BCUT2D eigenvalue weighted by molar-refractivity contribution is 7.91. The van der Waals surface area contributed by atoms with Gasteiger partial charge in [-0.3, -0.25) is 52.6 Å². The van der Waals surface area contributed by atoms with Crippen molar-refractivity contribution in [1.29, 1.82) is 0 Å². The molecule has 9 amide bonds.